The number of nitrogens with zero attached hydrogens (tertiary/aromatic N) is 1. The van der Waals surface area contributed by atoms with Gasteiger partial charge in [-0.05, 0) is 52.7 Å². The topological polar surface area (TPSA) is 39.2 Å². The number of unbranched alkanes of at least 4 members (excludes halogenated alkanes) is 2. The first-order chi connectivity index (χ1) is 8.83. The summed E-state index contributed by atoms with van der Waals surface area (Å²) in [6.45, 7) is 9.65. The summed E-state index contributed by atoms with van der Waals surface area (Å²) in [6, 6.07) is 3.76. The van der Waals surface area contributed by atoms with Crippen LogP contribution in [0.5, 0.6) is 0 Å². The highest BCUT2D eigenvalue weighted by Gasteiger charge is 2.19. The molecule has 0 saturated heterocycles. The third-order valence-electron chi connectivity index (χ3n) is 2.80. The van der Waals surface area contributed by atoms with E-state index in [1.54, 1.807) is 0 Å². The zero-order valence-corrected chi connectivity index (χ0v) is 12.7. The van der Waals surface area contributed by atoms with E-state index >= 15 is 0 Å². The molecular formula is C16H25NO2. The minimum Gasteiger partial charge on any atom is -0.456 e. The molecule has 3 nitrogen and oxygen atoms in total. The number of hydrogen-bond acceptors (Lipinski definition) is 3. The summed E-state index contributed by atoms with van der Waals surface area (Å²) in [5, 5.41) is 0. The second kappa shape index (κ2) is 6.69. The Hall–Kier alpha value is -1.38. The van der Waals surface area contributed by atoms with E-state index in [0.29, 0.717) is 5.56 Å². The van der Waals surface area contributed by atoms with Crippen LogP contribution in [0.1, 0.15) is 68.7 Å². The van der Waals surface area contributed by atoms with Gasteiger partial charge in [0.1, 0.15) is 5.60 Å². The van der Waals surface area contributed by atoms with Crippen molar-refractivity contribution in [1.29, 1.82) is 0 Å². The molecule has 19 heavy (non-hydrogen) atoms. The predicted molar refractivity (Wildman–Crippen MR) is 77.4 cm³/mol. The molecule has 0 aliphatic rings. The fraction of sp³-hybridized carbons (Fsp3) is 0.625. The van der Waals surface area contributed by atoms with Crippen LogP contribution in [0.25, 0.3) is 0 Å². The second-order valence-electron chi connectivity index (χ2n) is 5.89. The van der Waals surface area contributed by atoms with Crippen molar-refractivity contribution in [3.63, 3.8) is 0 Å². The lowest BCUT2D eigenvalue weighted by Gasteiger charge is -2.20. The first-order valence-electron chi connectivity index (χ1n) is 7.03. The van der Waals surface area contributed by atoms with Gasteiger partial charge < -0.3 is 4.74 Å². The molecule has 0 fully saturated rings. The average Bonchev–Trinajstić information content (AvgIpc) is 2.27. The highest BCUT2D eigenvalue weighted by atomic mass is 16.6. The van der Waals surface area contributed by atoms with Crippen LogP contribution in [0.2, 0.25) is 0 Å². The summed E-state index contributed by atoms with van der Waals surface area (Å²) in [7, 11) is 0. The van der Waals surface area contributed by atoms with E-state index in [0.717, 1.165) is 24.2 Å². The Morgan fingerprint density at radius 3 is 2.47 bits per heavy atom. The Bertz CT molecular complexity index is 433. The van der Waals surface area contributed by atoms with Crippen molar-refractivity contribution in [2.45, 2.75) is 65.9 Å². The fourth-order valence-corrected chi connectivity index (χ4v) is 1.86. The third-order valence-corrected chi connectivity index (χ3v) is 2.80. The molecule has 1 heterocycles. The molecule has 3 heteroatoms. The first-order valence-corrected chi connectivity index (χ1v) is 7.03. The lowest BCUT2D eigenvalue weighted by Crippen LogP contribution is -2.24. The van der Waals surface area contributed by atoms with Crippen LogP contribution in [0, 0.1) is 6.92 Å². The Kier molecular flexibility index (Phi) is 5.52. The number of esters is 1. The van der Waals surface area contributed by atoms with Gasteiger partial charge in [-0.2, -0.15) is 0 Å². The molecule has 0 unspecified atom stereocenters. The summed E-state index contributed by atoms with van der Waals surface area (Å²) in [6.07, 6.45) is 4.54. The minimum atomic E-state index is -0.469. The maximum Gasteiger partial charge on any atom is 0.340 e. The number of aryl methyl sites for hydroxylation is 2. The average molecular weight is 263 g/mol. The summed E-state index contributed by atoms with van der Waals surface area (Å²) in [5.41, 5.74) is 1.90. The quantitative estimate of drug-likeness (QED) is 0.593. The molecule has 0 saturated carbocycles. The van der Waals surface area contributed by atoms with Gasteiger partial charge in [0.25, 0.3) is 0 Å². The second-order valence-corrected chi connectivity index (χ2v) is 5.89. The van der Waals surface area contributed by atoms with Gasteiger partial charge in [-0.25, -0.2) is 4.79 Å². The third kappa shape index (κ3) is 5.41. The van der Waals surface area contributed by atoms with Crippen LogP contribution in [-0.4, -0.2) is 16.6 Å². The Balaban J connectivity index is 2.74. The van der Waals surface area contributed by atoms with Gasteiger partial charge in [0, 0.05) is 5.69 Å². The molecule has 0 aliphatic heterocycles. The smallest absolute Gasteiger partial charge is 0.340 e. The zero-order valence-electron chi connectivity index (χ0n) is 12.7. The molecule has 0 spiro atoms. The van der Waals surface area contributed by atoms with Gasteiger partial charge in [-0.15, -0.1) is 0 Å². The van der Waals surface area contributed by atoms with Crippen LogP contribution in [0.4, 0.5) is 0 Å². The van der Waals surface area contributed by atoms with E-state index in [9.17, 15) is 4.79 Å². The van der Waals surface area contributed by atoms with Gasteiger partial charge in [-0.3, -0.25) is 4.98 Å². The number of aromatic nitrogens is 1. The molecule has 0 aliphatic carbocycles. The monoisotopic (exact) mass is 263 g/mol. The number of ether oxygens (including phenoxy) is 1. The van der Waals surface area contributed by atoms with Crippen LogP contribution >= 0.6 is 0 Å². The maximum atomic E-state index is 12.0. The van der Waals surface area contributed by atoms with Crippen LogP contribution < -0.4 is 0 Å². The Morgan fingerprint density at radius 2 is 1.95 bits per heavy atom. The highest BCUT2D eigenvalue weighted by molar-refractivity contribution is 5.90. The van der Waals surface area contributed by atoms with Crippen molar-refractivity contribution in [3.05, 3.63) is 29.1 Å². The van der Waals surface area contributed by atoms with Gasteiger partial charge in [-0.1, -0.05) is 19.8 Å². The number of hydrogen-bond donors (Lipinski definition) is 0. The van der Waals surface area contributed by atoms with Crippen molar-refractivity contribution in [3.8, 4) is 0 Å². The summed E-state index contributed by atoms with van der Waals surface area (Å²) in [4.78, 5) is 16.5. The van der Waals surface area contributed by atoms with Crippen molar-refractivity contribution >= 4 is 5.97 Å². The molecule has 0 bridgehead atoms. The standard InChI is InChI=1S/C16H25NO2/c1-6-7-8-9-13-10-11-14(12(2)17-13)15(18)19-16(3,4)5/h10-11H,6-9H2,1-5H3. The van der Waals surface area contributed by atoms with E-state index in [-0.39, 0.29) is 5.97 Å². The molecule has 0 N–H and O–H groups in total. The van der Waals surface area contributed by atoms with Crippen molar-refractivity contribution in [2.75, 3.05) is 0 Å². The molecule has 106 valence electrons. The molecular weight excluding hydrogens is 238 g/mol. The van der Waals surface area contributed by atoms with Crippen molar-refractivity contribution in [2.24, 2.45) is 0 Å². The molecule has 1 aromatic heterocycles. The summed E-state index contributed by atoms with van der Waals surface area (Å²) in [5.74, 6) is -0.294. The summed E-state index contributed by atoms with van der Waals surface area (Å²) < 4.78 is 5.36. The molecule has 0 aromatic carbocycles. The fourth-order valence-electron chi connectivity index (χ4n) is 1.86. The minimum absolute atomic E-state index is 0.294. The van der Waals surface area contributed by atoms with E-state index in [1.807, 2.05) is 39.8 Å². The normalized spacial score (nSPS) is 11.4. The Labute approximate surface area is 116 Å². The zero-order chi connectivity index (χ0) is 14.5. The largest absolute Gasteiger partial charge is 0.456 e. The predicted octanol–water partition coefficient (Wildman–Crippen LogP) is 4.08. The van der Waals surface area contributed by atoms with E-state index in [1.165, 1.54) is 12.8 Å². The highest BCUT2D eigenvalue weighted by Crippen LogP contribution is 2.15. The lowest BCUT2D eigenvalue weighted by molar-refractivity contribution is 0.00682. The van der Waals surface area contributed by atoms with E-state index in [4.69, 9.17) is 4.74 Å². The van der Waals surface area contributed by atoms with Crippen LogP contribution in [0.15, 0.2) is 12.1 Å². The SMILES string of the molecule is CCCCCc1ccc(C(=O)OC(C)(C)C)c(C)n1. The molecule has 0 radical (unpaired) electrons. The molecule has 0 amide bonds. The number of carbonyl (C=O) groups is 1. The summed E-state index contributed by atoms with van der Waals surface area (Å²) >= 11 is 0. The number of pyridine rings is 1. The van der Waals surface area contributed by atoms with Gasteiger partial charge in [0.15, 0.2) is 0 Å². The molecule has 0 atom stereocenters. The van der Waals surface area contributed by atoms with Gasteiger partial charge in [0.2, 0.25) is 0 Å². The Morgan fingerprint density at radius 1 is 1.26 bits per heavy atom. The molecule has 1 rings (SSSR count). The lowest BCUT2D eigenvalue weighted by atomic mass is 10.1. The molecule has 1 aromatic rings. The van der Waals surface area contributed by atoms with Gasteiger partial charge >= 0.3 is 5.97 Å². The van der Waals surface area contributed by atoms with Gasteiger partial charge in [0.05, 0.1) is 11.3 Å². The maximum absolute atomic E-state index is 12.0. The van der Waals surface area contributed by atoms with Crippen LogP contribution in [0.3, 0.4) is 0 Å². The first kappa shape index (κ1) is 15.7. The van der Waals surface area contributed by atoms with E-state index < -0.39 is 5.60 Å². The van der Waals surface area contributed by atoms with Crippen molar-refractivity contribution in [1.82, 2.24) is 4.98 Å². The number of carbonyl (C=O) groups excluding carboxylic acids is 1. The van der Waals surface area contributed by atoms with Crippen molar-refractivity contribution < 1.29 is 9.53 Å². The van der Waals surface area contributed by atoms with Crippen LogP contribution in [-0.2, 0) is 11.2 Å². The van der Waals surface area contributed by atoms with E-state index in [2.05, 4.69) is 11.9 Å². The number of rotatable bonds is 5.